The van der Waals surface area contributed by atoms with Gasteiger partial charge < -0.3 is 9.30 Å². The average Bonchev–Trinajstić information content (AvgIpc) is 3.49. The van der Waals surface area contributed by atoms with Crippen LogP contribution in [-0.4, -0.2) is 9.46 Å². The lowest BCUT2D eigenvalue weighted by Gasteiger charge is -2.45. The zero-order chi connectivity index (χ0) is 31.2. The Balaban J connectivity index is 1.37. The second-order valence-electron chi connectivity index (χ2n) is 12.4. The first-order valence-corrected chi connectivity index (χ1v) is 17.7. The van der Waals surface area contributed by atoms with Crippen LogP contribution < -0.4 is 20.7 Å². The van der Waals surface area contributed by atoms with Gasteiger partial charge in [-0.2, -0.15) is 0 Å². The van der Waals surface area contributed by atoms with Crippen LogP contribution in [0.4, 0.5) is 0 Å². The first-order valence-electron chi connectivity index (χ1n) is 16.0. The van der Waals surface area contributed by atoms with Crippen LogP contribution in [0, 0.1) is 0 Å². The lowest BCUT2D eigenvalue weighted by Crippen LogP contribution is -2.39. The highest BCUT2D eigenvalue weighted by Crippen LogP contribution is 2.61. The van der Waals surface area contributed by atoms with Crippen LogP contribution in [0.25, 0.3) is 27.5 Å². The van der Waals surface area contributed by atoms with Gasteiger partial charge in [0.15, 0.2) is 0 Å². The van der Waals surface area contributed by atoms with E-state index in [9.17, 15) is 4.89 Å². The van der Waals surface area contributed by atoms with Crippen LogP contribution in [0.2, 0.25) is 0 Å². The van der Waals surface area contributed by atoms with Crippen molar-refractivity contribution in [2.45, 2.75) is 5.41 Å². The molecule has 0 bridgehead atoms. The van der Waals surface area contributed by atoms with Crippen molar-refractivity contribution in [2.24, 2.45) is 0 Å². The Bertz CT molecular complexity index is 2480. The molecule has 1 unspecified atom stereocenters. The van der Waals surface area contributed by atoms with E-state index in [4.69, 9.17) is 4.74 Å². The predicted molar refractivity (Wildman–Crippen MR) is 194 cm³/mol. The molecule has 47 heavy (non-hydrogen) atoms. The highest BCUT2D eigenvalue weighted by molar-refractivity contribution is 7.91. The average molecular weight is 623 g/mol. The molecule has 1 N–H and O–H groups in total. The van der Waals surface area contributed by atoms with E-state index in [0.29, 0.717) is 0 Å². The molecule has 0 fully saturated rings. The third-order valence-electron chi connectivity index (χ3n) is 10.2. The van der Waals surface area contributed by atoms with Crippen molar-refractivity contribution in [2.75, 3.05) is 0 Å². The minimum absolute atomic E-state index is 0.696. The van der Waals surface area contributed by atoms with E-state index >= 15 is 0 Å². The maximum atomic E-state index is 13.1. The second-order valence-corrected chi connectivity index (χ2v) is 15.2. The van der Waals surface area contributed by atoms with Crippen molar-refractivity contribution in [1.29, 1.82) is 0 Å². The minimum Gasteiger partial charge on any atom is -0.457 e. The Morgan fingerprint density at radius 2 is 1.06 bits per heavy atom. The molecule has 1 atom stereocenters. The predicted octanol–water partition coefficient (Wildman–Crippen LogP) is 8.79. The molecule has 0 saturated heterocycles. The SMILES string of the molecule is O[P+](c1ccccc1)(c1ccccc1)c1ccc2c(c1)C1(c3ccccc3O2)c2ccccc2-n2c3ccccc3c3cccc1c32. The molecule has 1 spiro atoms. The van der Waals surface area contributed by atoms with Gasteiger partial charge in [0.25, 0.3) is 0 Å². The van der Waals surface area contributed by atoms with Crippen LogP contribution in [-0.2, 0) is 5.41 Å². The molecule has 0 radical (unpaired) electrons. The molecular formula is C43H29NO2P+. The lowest BCUT2D eigenvalue weighted by molar-refractivity contribution is 0.434. The quantitative estimate of drug-likeness (QED) is 0.200. The van der Waals surface area contributed by atoms with Crippen molar-refractivity contribution in [1.82, 2.24) is 4.57 Å². The first-order chi connectivity index (χ1) is 23.2. The molecule has 0 saturated carbocycles. The molecule has 4 heteroatoms. The molecule has 10 rings (SSSR count). The Labute approximate surface area is 273 Å². The van der Waals surface area contributed by atoms with E-state index in [-0.39, 0.29) is 0 Å². The largest absolute Gasteiger partial charge is 0.457 e. The van der Waals surface area contributed by atoms with Gasteiger partial charge in [-0.25, -0.2) is 4.89 Å². The lowest BCUT2D eigenvalue weighted by atomic mass is 9.62. The fourth-order valence-electron chi connectivity index (χ4n) is 8.25. The number of aromatic nitrogens is 1. The van der Waals surface area contributed by atoms with Gasteiger partial charge in [-0.1, -0.05) is 109 Å². The summed E-state index contributed by atoms with van der Waals surface area (Å²) >= 11 is 0. The zero-order valence-electron chi connectivity index (χ0n) is 25.4. The van der Waals surface area contributed by atoms with Gasteiger partial charge in [-0.15, -0.1) is 0 Å². The molecular weight excluding hydrogens is 593 g/mol. The van der Waals surface area contributed by atoms with E-state index in [1.807, 2.05) is 42.5 Å². The van der Waals surface area contributed by atoms with Crippen LogP contribution in [0.3, 0.4) is 0 Å². The Morgan fingerprint density at radius 1 is 0.468 bits per heavy atom. The number of ether oxygens (including phenoxy) is 1. The number of para-hydroxylation sites is 4. The first kappa shape index (κ1) is 26.7. The fraction of sp³-hybridized carbons (Fsp3) is 0.0233. The monoisotopic (exact) mass is 622 g/mol. The molecule has 3 nitrogen and oxygen atoms in total. The summed E-state index contributed by atoms with van der Waals surface area (Å²) in [4.78, 5) is 13.1. The number of fused-ring (bicyclic) bond motifs is 11. The number of hydrogen-bond acceptors (Lipinski definition) is 2. The van der Waals surface area contributed by atoms with Crippen molar-refractivity contribution in [3.8, 4) is 17.2 Å². The number of rotatable bonds is 3. The molecule has 7 aromatic carbocycles. The Kier molecular flexibility index (Phi) is 5.55. The van der Waals surface area contributed by atoms with Gasteiger partial charge in [0.2, 0.25) is 7.49 Å². The molecule has 0 amide bonds. The normalized spacial score (nSPS) is 16.0. The highest BCUT2D eigenvalue weighted by atomic mass is 31.2. The van der Waals surface area contributed by atoms with E-state index in [2.05, 4.69) is 132 Å². The molecule has 2 aliphatic rings. The molecule has 3 heterocycles. The van der Waals surface area contributed by atoms with Crippen LogP contribution in [0.15, 0.2) is 170 Å². The van der Waals surface area contributed by atoms with Crippen molar-refractivity contribution in [3.05, 3.63) is 192 Å². The standard InChI is InChI=1S/C43H29NO2P/c45-47(29-14-3-1-4-15-29,30-16-5-2-6-17-30)31-26-27-41-37(28-31)43(35-21-9-12-25-40(35)46-41)34-20-8-11-24-39(34)44-38-23-10-7-18-32(38)33-19-13-22-36(43)42(33)44/h1-28,45H/q+1. The van der Waals surface area contributed by atoms with Gasteiger partial charge >= 0.3 is 0 Å². The van der Waals surface area contributed by atoms with Crippen molar-refractivity contribution in [3.63, 3.8) is 0 Å². The Hall–Kier alpha value is -5.47. The second kappa shape index (κ2) is 9.77. The van der Waals surface area contributed by atoms with Gasteiger partial charge in [0.05, 0.1) is 22.1 Å². The topological polar surface area (TPSA) is 34.4 Å². The highest BCUT2D eigenvalue weighted by Gasteiger charge is 2.52. The van der Waals surface area contributed by atoms with Crippen LogP contribution >= 0.6 is 7.49 Å². The third kappa shape index (κ3) is 3.43. The fourth-order valence-corrected chi connectivity index (χ4v) is 11.0. The summed E-state index contributed by atoms with van der Waals surface area (Å²) in [6, 6.07) is 59.4. The summed E-state index contributed by atoms with van der Waals surface area (Å²) in [5, 5.41) is 5.20. The van der Waals surface area contributed by atoms with Crippen molar-refractivity contribution >= 4 is 45.2 Å². The summed E-state index contributed by atoms with van der Waals surface area (Å²) in [6.45, 7) is 0. The number of hydrogen-bond donors (Lipinski definition) is 1. The van der Waals surface area contributed by atoms with E-state index in [1.54, 1.807) is 0 Å². The smallest absolute Gasteiger partial charge is 0.238 e. The Morgan fingerprint density at radius 3 is 1.85 bits per heavy atom. The summed E-state index contributed by atoms with van der Waals surface area (Å²) in [7, 11) is -3.02. The maximum Gasteiger partial charge on any atom is 0.238 e. The molecule has 2 aliphatic heterocycles. The van der Waals surface area contributed by atoms with Gasteiger partial charge in [-0.05, 0) is 71.8 Å². The van der Waals surface area contributed by atoms with Crippen molar-refractivity contribution < 1.29 is 9.63 Å². The molecule has 222 valence electrons. The number of nitrogens with zero attached hydrogens (tertiary/aromatic N) is 1. The molecule has 0 aliphatic carbocycles. The van der Waals surface area contributed by atoms with Gasteiger partial charge in [0.1, 0.15) is 27.4 Å². The van der Waals surface area contributed by atoms with Gasteiger partial charge in [0, 0.05) is 21.9 Å². The minimum atomic E-state index is -3.02. The third-order valence-corrected chi connectivity index (χ3v) is 13.3. The molecule has 1 aromatic heterocycles. The summed E-state index contributed by atoms with van der Waals surface area (Å²) < 4.78 is 9.21. The number of benzene rings is 7. The summed E-state index contributed by atoms with van der Waals surface area (Å²) in [6.07, 6.45) is 0. The van der Waals surface area contributed by atoms with Crippen LogP contribution in [0.5, 0.6) is 11.5 Å². The van der Waals surface area contributed by atoms with E-state index < -0.39 is 12.9 Å². The zero-order valence-corrected chi connectivity index (χ0v) is 26.3. The van der Waals surface area contributed by atoms with Gasteiger partial charge in [-0.3, -0.25) is 0 Å². The van der Waals surface area contributed by atoms with E-state index in [0.717, 1.165) is 44.2 Å². The van der Waals surface area contributed by atoms with E-state index in [1.165, 1.54) is 32.9 Å². The summed E-state index contributed by atoms with van der Waals surface area (Å²) in [5.41, 5.74) is 7.40. The maximum absolute atomic E-state index is 13.1. The molecule has 8 aromatic rings. The van der Waals surface area contributed by atoms with Crippen LogP contribution in [0.1, 0.15) is 22.3 Å². The summed E-state index contributed by atoms with van der Waals surface area (Å²) in [5.74, 6) is 1.65.